The third kappa shape index (κ3) is 3.46. The normalized spacial score (nSPS) is 15.1. The molecule has 2 aromatic carbocycles. The second-order valence-corrected chi connectivity index (χ2v) is 7.22. The molecule has 0 saturated heterocycles. The van der Waals surface area contributed by atoms with Crippen molar-refractivity contribution in [2.75, 3.05) is 19.0 Å². The van der Waals surface area contributed by atoms with E-state index in [0.717, 1.165) is 34.6 Å². The van der Waals surface area contributed by atoms with Gasteiger partial charge in [0.1, 0.15) is 12.4 Å². The number of hydrogen-bond donors (Lipinski definition) is 2. The molecule has 0 saturated carbocycles. The molecule has 1 amide bonds. The van der Waals surface area contributed by atoms with Crippen molar-refractivity contribution in [2.24, 2.45) is 0 Å². The lowest BCUT2D eigenvalue weighted by molar-refractivity contribution is -0.125. The van der Waals surface area contributed by atoms with Crippen molar-refractivity contribution in [3.63, 3.8) is 0 Å². The van der Waals surface area contributed by atoms with Crippen LogP contribution in [-0.2, 0) is 11.3 Å². The molecule has 8 nitrogen and oxygen atoms in total. The number of benzene rings is 2. The van der Waals surface area contributed by atoms with Gasteiger partial charge in [0.05, 0.1) is 18.5 Å². The third-order valence-corrected chi connectivity index (χ3v) is 5.33. The van der Waals surface area contributed by atoms with Crippen LogP contribution in [0.25, 0.3) is 22.3 Å². The van der Waals surface area contributed by atoms with E-state index >= 15 is 0 Å². The molecular weight excluding hydrogens is 396 g/mol. The first kappa shape index (κ1) is 19.0. The Morgan fingerprint density at radius 2 is 2.06 bits per heavy atom. The largest absolute Gasteiger partial charge is 0.497 e. The van der Waals surface area contributed by atoms with Crippen LogP contribution in [0.3, 0.4) is 0 Å². The van der Waals surface area contributed by atoms with E-state index < -0.39 is 6.10 Å². The first-order chi connectivity index (χ1) is 15.2. The zero-order valence-corrected chi connectivity index (χ0v) is 17.2. The standard InChI is InChI=1S/C23H22N4O4/c1-3-27-17-9-8-15(29-2)10-14(17)11-18(27)16-12-22(26-25-16)24-23(28)21-13-30-19-6-4-5-7-20(19)31-21/h4-12,21H,3,13H2,1-2H3,(H2,24,25,26,28). The fourth-order valence-electron chi connectivity index (χ4n) is 3.81. The number of H-pyrrole nitrogens is 1. The predicted molar refractivity (Wildman–Crippen MR) is 117 cm³/mol. The van der Waals surface area contributed by atoms with E-state index in [1.54, 1.807) is 13.2 Å². The third-order valence-electron chi connectivity index (χ3n) is 5.33. The van der Waals surface area contributed by atoms with Crippen molar-refractivity contribution in [1.29, 1.82) is 0 Å². The molecule has 0 spiro atoms. The van der Waals surface area contributed by atoms with Crippen molar-refractivity contribution in [2.45, 2.75) is 19.6 Å². The maximum absolute atomic E-state index is 12.7. The van der Waals surface area contributed by atoms with Gasteiger partial charge in [-0.25, -0.2) is 0 Å². The number of carbonyl (C=O) groups excluding carboxylic acids is 1. The van der Waals surface area contributed by atoms with Crippen LogP contribution in [0, 0.1) is 0 Å². The van der Waals surface area contributed by atoms with Crippen molar-refractivity contribution in [1.82, 2.24) is 14.8 Å². The van der Waals surface area contributed by atoms with E-state index in [2.05, 4.69) is 33.1 Å². The highest BCUT2D eigenvalue weighted by atomic mass is 16.6. The zero-order valence-electron chi connectivity index (χ0n) is 17.2. The lowest BCUT2D eigenvalue weighted by Crippen LogP contribution is -2.40. The maximum atomic E-state index is 12.7. The number of ether oxygens (including phenoxy) is 3. The van der Waals surface area contributed by atoms with E-state index in [-0.39, 0.29) is 12.5 Å². The van der Waals surface area contributed by atoms with Gasteiger partial charge in [-0.2, -0.15) is 5.10 Å². The molecular formula is C23H22N4O4. The summed E-state index contributed by atoms with van der Waals surface area (Å²) in [6.07, 6.45) is -0.746. The highest BCUT2D eigenvalue weighted by Crippen LogP contribution is 2.32. The van der Waals surface area contributed by atoms with Gasteiger partial charge in [0.25, 0.3) is 5.91 Å². The Hall–Kier alpha value is -3.94. The molecule has 1 unspecified atom stereocenters. The van der Waals surface area contributed by atoms with Crippen LogP contribution in [0.4, 0.5) is 5.82 Å². The Morgan fingerprint density at radius 1 is 1.23 bits per heavy atom. The second kappa shape index (κ2) is 7.71. The number of hydrogen-bond acceptors (Lipinski definition) is 5. The molecule has 8 heteroatoms. The van der Waals surface area contributed by atoms with Gasteiger partial charge in [-0.15, -0.1) is 0 Å². The Labute approximate surface area is 178 Å². The fourth-order valence-corrected chi connectivity index (χ4v) is 3.81. The Kier molecular flexibility index (Phi) is 4.74. The lowest BCUT2D eigenvalue weighted by Gasteiger charge is -2.25. The van der Waals surface area contributed by atoms with E-state index in [1.807, 2.05) is 42.5 Å². The van der Waals surface area contributed by atoms with E-state index in [1.165, 1.54) is 0 Å². The summed E-state index contributed by atoms with van der Waals surface area (Å²) in [5.41, 5.74) is 2.88. The number of nitrogens with one attached hydrogen (secondary N) is 2. The van der Waals surface area contributed by atoms with Crippen molar-refractivity contribution in [3.8, 4) is 28.6 Å². The average Bonchev–Trinajstić information content (AvgIpc) is 3.42. The van der Waals surface area contributed by atoms with Crippen LogP contribution in [0.1, 0.15) is 6.92 Å². The predicted octanol–water partition coefficient (Wildman–Crippen LogP) is 3.84. The summed E-state index contributed by atoms with van der Waals surface area (Å²) in [7, 11) is 1.66. The molecule has 2 N–H and O–H groups in total. The molecule has 0 radical (unpaired) electrons. The highest BCUT2D eigenvalue weighted by molar-refractivity contribution is 5.94. The average molecular weight is 418 g/mol. The number of anilines is 1. The molecule has 4 aromatic rings. The first-order valence-electron chi connectivity index (χ1n) is 10.1. The quantitative estimate of drug-likeness (QED) is 0.514. The molecule has 0 bridgehead atoms. The van der Waals surface area contributed by atoms with Gasteiger partial charge in [-0.3, -0.25) is 9.89 Å². The summed E-state index contributed by atoms with van der Waals surface area (Å²) < 4.78 is 18.9. The summed E-state index contributed by atoms with van der Waals surface area (Å²) >= 11 is 0. The van der Waals surface area contributed by atoms with Gasteiger partial charge in [-0.1, -0.05) is 12.1 Å². The minimum atomic E-state index is -0.746. The van der Waals surface area contributed by atoms with E-state index in [9.17, 15) is 4.79 Å². The first-order valence-corrected chi connectivity index (χ1v) is 10.1. The number of rotatable bonds is 5. The SMILES string of the molecule is CCn1c(-c2cc(NC(=O)C3COc4ccccc4O3)n[nH]2)cc2cc(OC)ccc21. The van der Waals surface area contributed by atoms with Crippen LogP contribution in [0.15, 0.2) is 54.6 Å². The smallest absolute Gasteiger partial charge is 0.270 e. The summed E-state index contributed by atoms with van der Waals surface area (Å²) in [4.78, 5) is 12.7. The molecule has 1 aliphatic rings. The fraction of sp³-hybridized carbons (Fsp3) is 0.217. The number of amides is 1. The number of methoxy groups -OCH3 is 1. The van der Waals surface area contributed by atoms with Crippen LogP contribution < -0.4 is 19.5 Å². The summed E-state index contributed by atoms with van der Waals surface area (Å²) in [6.45, 7) is 3.02. The number of fused-ring (bicyclic) bond motifs is 2. The maximum Gasteiger partial charge on any atom is 0.270 e. The van der Waals surface area contributed by atoms with Crippen molar-refractivity contribution >= 4 is 22.6 Å². The molecule has 1 atom stereocenters. The zero-order chi connectivity index (χ0) is 21.4. The number of carbonyl (C=O) groups is 1. The highest BCUT2D eigenvalue weighted by Gasteiger charge is 2.28. The van der Waals surface area contributed by atoms with Gasteiger partial charge < -0.3 is 24.1 Å². The van der Waals surface area contributed by atoms with Crippen molar-refractivity contribution in [3.05, 3.63) is 54.6 Å². The van der Waals surface area contributed by atoms with Gasteiger partial charge in [0, 0.05) is 23.5 Å². The van der Waals surface area contributed by atoms with E-state index in [4.69, 9.17) is 14.2 Å². The lowest BCUT2D eigenvalue weighted by atomic mass is 10.2. The Morgan fingerprint density at radius 3 is 2.87 bits per heavy atom. The van der Waals surface area contributed by atoms with Gasteiger partial charge >= 0.3 is 0 Å². The van der Waals surface area contributed by atoms with Crippen LogP contribution >= 0.6 is 0 Å². The summed E-state index contributed by atoms with van der Waals surface area (Å²) in [5.74, 6) is 2.11. The van der Waals surface area contributed by atoms with Gasteiger partial charge in [0.2, 0.25) is 6.10 Å². The van der Waals surface area contributed by atoms with Gasteiger partial charge in [0.15, 0.2) is 17.3 Å². The molecule has 0 fully saturated rings. The molecule has 1 aliphatic heterocycles. The number of aryl methyl sites for hydroxylation is 1. The van der Waals surface area contributed by atoms with Crippen LogP contribution in [0.2, 0.25) is 0 Å². The molecule has 0 aliphatic carbocycles. The Bertz CT molecular complexity index is 1260. The minimum absolute atomic E-state index is 0.145. The number of para-hydroxylation sites is 2. The minimum Gasteiger partial charge on any atom is -0.497 e. The molecule has 3 heterocycles. The molecule has 158 valence electrons. The summed E-state index contributed by atoms with van der Waals surface area (Å²) in [6, 6.07) is 17.2. The van der Waals surface area contributed by atoms with Crippen LogP contribution in [-0.4, -0.2) is 40.5 Å². The topological polar surface area (TPSA) is 90.4 Å². The summed E-state index contributed by atoms with van der Waals surface area (Å²) in [5, 5.41) is 11.2. The van der Waals surface area contributed by atoms with Crippen LogP contribution in [0.5, 0.6) is 17.2 Å². The molecule has 5 rings (SSSR count). The number of nitrogens with zero attached hydrogens (tertiary/aromatic N) is 2. The number of aromatic nitrogens is 3. The number of aromatic amines is 1. The van der Waals surface area contributed by atoms with Gasteiger partial charge in [-0.05, 0) is 43.3 Å². The second-order valence-electron chi connectivity index (χ2n) is 7.22. The monoisotopic (exact) mass is 418 g/mol. The van der Waals surface area contributed by atoms with E-state index in [0.29, 0.717) is 17.3 Å². The molecule has 2 aromatic heterocycles. The Balaban J connectivity index is 1.36. The molecule has 31 heavy (non-hydrogen) atoms. The van der Waals surface area contributed by atoms with Crippen molar-refractivity contribution < 1.29 is 19.0 Å².